The van der Waals surface area contributed by atoms with Gasteiger partial charge in [0.25, 0.3) is 0 Å². The van der Waals surface area contributed by atoms with Crippen molar-refractivity contribution in [3.8, 4) is 0 Å². The van der Waals surface area contributed by atoms with Crippen molar-refractivity contribution in [2.45, 2.75) is 18.7 Å². The molecule has 1 heterocycles. The maximum absolute atomic E-state index is 11.1. The van der Waals surface area contributed by atoms with E-state index in [9.17, 15) is 4.79 Å². The number of anilines is 1. The number of hydrogen-bond donors (Lipinski definition) is 2. The largest absolute Gasteiger partial charge is 0.326 e. The maximum atomic E-state index is 11.1. The fourth-order valence-electron chi connectivity index (χ4n) is 2.30. The van der Waals surface area contributed by atoms with Gasteiger partial charge in [-0.25, -0.2) is 0 Å². The smallest absolute Gasteiger partial charge is 0.221 e. The number of hydrazone groups is 1. The van der Waals surface area contributed by atoms with Gasteiger partial charge in [-0.3, -0.25) is 10.2 Å². The molecule has 2 N–H and O–H groups in total. The van der Waals surface area contributed by atoms with Gasteiger partial charge in [0.1, 0.15) is 9.91 Å². The third-order valence-electron chi connectivity index (χ3n) is 3.45. The molecule has 0 bridgehead atoms. The normalized spacial score (nSPS) is 20.2. The molecule has 0 spiro atoms. The Labute approximate surface area is 134 Å². The number of nitrogens with one attached hydrogen (secondary N) is 2. The summed E-state index contributed by atoms with van der Waals surface area (Å²) in [6, 6.07) is 18.0. The van der Waals surface area contributed by atoms with Gasteiger partial charge < -0.3 is 5.32 Å². The number of nitrogens with zero attached hydrogens (tertiary/aromatic N) is 1. The molecule has 5 heteroatoms. The molecule has 0 radical (unpaired) electrons. The van der Waals surface area contributed by atoms with Crippen molar-refractivity contribution in [2.75, 3.05) is 5.32 Å². The first-order valence-corrected chi connectivity index (χ1v) is 7.86. The summed E-state index contributed by atoms with van der Waals surface area (Å²) in [4.78, 5) is 10.8. The van der Waals surface area contributed by atoms with E-state index in [1.54, 1.807) is 11.8 Å². The Balaban J connectivity index is 1.77. The standard InChI is InChI=1S/C17H17N3OS/c1-12(21)18-15-10-8-14(9-11-15)17(2)20-19-16(22-17)13-6-4-3-5-7-13/h3-11,20H,1-2H3,(H,18,21). The highest BCUT2D eigenvalue weighted by molar-refractivity contribution is 8.15. The quantitative estimate of drug-likeness (QED) is 0.912. The molecule has 1 atom stereocenters. The monoisotopic (exact) mass is 311 g/mol. The number of benzene rings is 2. The van der Waals surface area contributed by atoms with Gasteiger partial charge in [0.2, 0.25) is 5.91 Å². The lowest BCUT2D eigenvalue weighted by Gasteiger charge is -2.23. The zero-order chi connectivity index (χ0) is 15.6. The van der Waals surface area contributed by atoms with Gasteiger partial charge >= 0.3 is 0 Å². The van der Waals surface area contributed by atoms with E-state index in [1.165, 1.54) is 6.92 Å². The first-order valence-electron chi connectivity index (χ1n) is 7.04. The molecule has 2 aromatic rings. The molecule has 1 aliphatic heterocycles. The van der Waals surface area contributed by atoms with E-state index in [0.717, 1.165) is 21.9 Å². The van der Waals surface area contributed by atoms with Gasteiger partial charge in [0.15, 0.2) is 0 Å². The van der Waals surface area contributed by atoms with Crippen LogP contribution in [0.1, 0.15) is 25.0 Å². The summed E-state index contributed by atoms with van der Waals surface area (Å²) >= 11 is 1.69. The van der Waals surface area contributed by atoms with E-state index >= 15 is 0 Å². The number of rotatable bonds is 3. The second kappa shape index (κ2) is 5.85. The van der Waals surface area contributed by atoms with Crippen molar-refractivity contribution in [2.24, 2.45) is 5.10 Å². The molecule has 2 aromatic carbocycles. The average molecular weight is 311 g/mol. The SMILES string of the molecule is CC(=O)Nc1ccc(C2(C)NN=C(c3ccccc3)S2)cc1. The number of hydrogen-bond acceptors (Lipinski definition) is 4. The molecular weight excluding hydrogens is 294 g/mol. The summed E-state index contributed by atoms with van der Waals surface area (Å²) in [5.74, 6) is -0.0676. The minimum absolute atomic E-state index is 0.0676. The summed E-state index contributed by atoms with van der Waals surface area (Å²) in [6.07, 6.45) is 0. The van der Waals surface area contributed by atoms with Gasteiger partial charge in [0, 0.05) is 18.2 Å². The highest BCUT2D eigenvalue weighted by atomic mass is 32.2. The minimum Gasteiger partial charge on any atom is -0.326 e. The molecule has 0 fully saturated rings. The zero-order valence-corrected chi connectivity index (χ0v) is 13.3. The van der Waals surface area contributed by atoms with Crippen molar-refractivity contribution in [3.63, 3.8) is 0 Å². The van der Waals surface area contributed by atoms with Crippen molar-refractivity contribution in [1.29, 1.82) is 0 Å². The van der Waals surface area contributed by atoms with E-state index in [-0.39, 0.29) is 10.8 Å². The lowest BCUT2D eigenvalue weighted by molar-refractivity contribution is -0.114. The third-order valence-corrected chi connectivity index (χ3v) is 4.70. The van der Waals surface area contributed by atoms with Crippen LogP contribution in [0.15, 0.2) is 59.7 Å². The van der Waals surface area contributed by atoms with Gasteiger partial charge in [-0.1, -0.05) is 54.2 Å². The van der Waals surface area contributed by atoms with Crippen molar-refractivity contribution in [3.05, 3.63) is 65.7 Å². The van der Waals surface area contributed by atoms with E-state index < -0.39 is 0 Å². The molecule has 0 saturated carbocycles. The zero-order valence-electron chi connectivity index (χ0n) is 12.5. The Morgan fingerprint density at radius 1 is 1.14 bits per heavy atom. The van der Waals surface area contributed by atoms with E-state index in [1.807, 2.05) is 42.5 Å². The lowest BCUT2D eigenvalue weighted by atomic mass is 10.1. The van der Waals surface area contributed by atoms with Crippen LogP contribution in [0.25, 0.3) is 0 Å². The lowest BCUT2D eigenvalue weighted by Crippen LogP contribution is -2.28. The summed E-state index contributed by atoms with van der Waals surface area (Å²) in [7, 11) is 0. The summed E-state index contributed by atoms with van der Waals surface area (Å²) in [6.45, 7) is 3.61. The predicted octanol–water partition coefficient (Wildman–Crippen LogP) is 3.52. The second-order valence-corrected chi connectivity index (χ2v) is 6.70. The summed E-state index contributed by atoms with van der Waals surface area (Å²) < 4.78 is 0. The molecule has 1 unspecified atom stereocenters. The summed E-state index contributed by atoms with van der Waals surface area (Å²) in [5.41, 5.74) is 6.24. The first-order chi connectivity index (χ1) is 10.6. The Morgan fingerprint density at radius 3 is 2.45 bits per heavy atom. The van der Waals surface area contributed by atoms with Crippen LogP contribution >= 0.6 is 11.8 Å². The molecule has 0 aliphatic carbocycles. The van der Waals surface area contributed by atoms with Crippen molar-refractivity contribution < 1.29 is 4.79 Å². The molecular formula is C17H17N3OS. The Kier molecular flexibility index (Phi) is 3.90. The molecule has 0 saturated heterocycles. The van der Waals surface area contributed by atoms with Gasteiger partial charge in [-0.15, -0.1) is 0 Å². The second-order valence-electron chi connectivity index (χ2n) is 5.29. The van der Waals surface area contributed by atoms with Crippen LogP contribution in [0.3, 0.4) is 0 Å². The molecule has 1 aliphatic rings. The van der Waals surface area contributed by atoms with Crippen LogP contribution in [-0.4, -0.2) is 11.0 Å². The number of carbonyl (C=O) groups excluding carboxylic acids is 1. The van der Waals surface area contributed by atoms with Gasteiger partial charge in [-0.2, -0.15) is 5.10 Å². The Hall–Kier alpha value is -2.27. The number of amides is 1. The van der Waals surface area contributed by atoms with Crippen LogP contribution in [0.5, 0.6) is 0 Å². The van der Waals surface area contributed by atoms with Crippen LogP contribution in [0, 0.1) is 0 Å². The molecule has 22 heavy (non-hydrogen) atoms. The summed E-state index contributed by atoms with van der Waals surface area (Å²) in [5, 5.41) is 8.22. The third kappa shape index (κ3) is 2.99. The highest BCUT2D eigenvalue weighted by Crippen LogP contribution is 2.40. The van der Waals surface area contributed by atoms with E-state index in [2.05, 4.69) is 34.9 Å². The van der Waals surface area contributed by atoms with Crippen molar-refractivity contribution in [1.82, 2.24) is 5.43 Å². The van der Waals surface area contributed by atoms with E-state index in [4.69, 9.17) is 0 Å². The fraction of sp³-hybridized carbons (Fsp3) is 0.176. The van der Waals surface area contributed by atoms with Gasteiger partial charge in [0.05, 0.1) is 0 Å². The maximum Gasteiger partial charge on any atom is 0.221 e. The minimum atomic E-state index is -0.306. The Bertz CT molecular complexity index is 712. The number of carbonyl (C=O) groups is 1. The van der Waals surface area contributed by atoms with Crippen molar-refractivity contribution >= 4 is 28.4 Å². The van der Waals surface area contributed by atoms with Crippen LogP contribution in [-0.2, 0) is 9.67 Å². The molecule has 3 rings (SSSR count). The fourth-order valence-corrected chi connectivity index (χ4v) is 3.38. The topological polar surface area (TPSA) is 53.5 Å². The highest BCUT2D eigenvalue weighted by Gasteiger charge is 2.34. The first kappa shape index (κ1) is 14.7. The molecule has 1 amide bonds. The van der Waals surface area contributed by atoms with E-state index in [0.29, 0.717) is 0 Å². The van der Waals surface area contributed by atoms with Gasteiger partial charge in [-0.05, 0) is 24.6 Å². The Morgan fingerprint density at radius 2 is 1.82 bits per heavy atom. The van der Waals surface area contributed by atoms with Crippen LogP contribution in [0.4, 0.5) is 5.69 Å². The number of thioether (sulfide) groups is 1. The predicted molar refractivity (Wildman–Crippen MR) is 91.8 cm³/mol. The molecule has 112 valence electrons. The van der Waals surface area contributed by atoms with Crippen LogP contribution < -0.4 is 10.7 Å². The average Bonchev–Trinajstić information content (AvgIpc) is 2.92. The van der Waals surface area contributed by atoms with Crippen LogP contribution in [0.2, 0.25) is 0 Å². The molecule has 0 aromatic heterocycles. The molecule has 4 nitrogen and oxygen atoms in total.